The standard InChI is InChI=1S/C21H20FNO4S/c1-26-18-9-5-7-16(13-18)15-23(17-8-6-10-19(14-17)27-2)28(24,25)21-12-4-3-11-20(21)22/h3-14H,15H2,1-2H3. The highest BCUT2D eigenvalue weighted by atomic mass is 32.2. The summed E-state index contributed by atoms with van der Waals surface area (Å²) in [5.41, 5.74) is 1.06. The highest BCUT2D eigenvalue weighted by Crippen LogP contribution is 2.30. The largest absolute Gasteiger partial charge is 0.497 e. The number of hydrogen-bond acceptors (Lipinski definition) is 4. The first kappa shape index (κ1) is 19.7. The Balaban J connectivity index is 2.12. The van der Waals surface area contributed by atoms with Crippen molar-refractivity contribution in [2.45, 2.75) is 11.4 Å². The molecule has 0 fully saturated rings. The van der Waals surface area contributed by atoms with Crippen molar-refractivity contribution in [1.29, 1.82) is 0 Å². The lowest BCUT2D eigenvalue weighted by atomic mass is 10.2. The van der Waals surface area contributed by atoms with Gasteiger partial charge >= 0.3 is 0 Å². The third-order valence-electron chi connectivity index (χ3n) is 4.21. The average Bonchev–Trinajstić information content (AvgIpc) is 2.72. The summed E-state index contributed by atoms with van der Waals surface area (Å²) in [5, 5.41) is 0. The second-order valence-corrected chi connectivity index (χ2v) is 7.83. The van der Waals surface area contributed by atoms with Crippen LogP contribution in [0.5, 0.6) is 11.5 Å². The van der Waals surface area contributed by atoms with Crippen LogP contribution in [-0.4, -0.2) is 22.6 Å². The Morgan fingerprint density at radius 3 is 2.18 bits per heavy atom. The molecular formula is C21H20FNO4S. The maximum Gasteiger partial charge on any atom is 0.267 e. The van der Waals surface area contributed by atoms with Gasteiger partial charge in [-0.1, -0.05) is 30.3 Å². The lowest BCUT2D eigenvalue weighted by Gasteiger charge is -2.25. The van der Waals surface area contributed by atoms with Crippen molar-refractivity contribution in [3.05, 3.63) is 84.2 Å². The van der Waals surface area contributed by atoms with E-state index in [0.29, 0.717) is 22.7 Å². The zero-order valence-electron chi connectivity index (χ0n) is 15.5. The number of halogens is 1. The van der Waals surface area contributed by atoms with Crippen LogP contribution in [0.25, 0.3) is 0 Å². The van der Waals surface area contributed by atoms with Crippen LogP contribution in [0.3, 0.4) is 0 Å². The minimum absolute atomic E-state index is 0.00103. The van der Waals surface area contributed by atoms with Crippen molar-refractivity contribution in [2.75, 3.05) is 18.5 Å². The van der Waals surface area contributed by atoms with Crippen LogP contribution in [0.1, 0.15) is 5.56 Å². The van der Waals surface area contributed by atoms with Crippen LogP contribution >= 0.6 is 0 Å². The van der Waals surface area contributed by atoms with E-state index in [1.165, 1.54) is 32.4 Å². The van der Waals surface area contributed by atoms with Crippen LogP contribution in [0.2, 0.25) is 0 Å². The third-order valence-corrected chi connectivity index (χ3v) is 6.01. The molecule has 0 spiro atoms. The summed E-state index contributed by atoms with van der Waals surface area (Å²) in [6.45, 7) is 0.00103. The number of rotatable bonds is 7. The van der Waals surface area contributed by atoms with E-state index in [0.717, 1.165) is 10.4 Å². The van der Waals surface area contributed by atoms with E-state index in [1.54, 1.807) is 48.5 Å². The molecule has 3 aromatic rings. The second kappa shape index (κ2) is 8.31. The van der Waals surface area contributed by atoms with Gasteiger partial charge in [-0.05, 0) is 42.0 Å². The van der Waals surface area contributed by atoms with Gasteiger partial charge in [-0.25, -0.2) is 12.8 Å². The molecule has 0 radical (unpaired) electrons. The van der Waals surface area contributed by atoms with Gasteiger partial charge < -0.3 is 9.47 Å². The van der Waals surface area contributed by atoms with Gasteiger partial charge in [-0.2, -0.15) is 0 Å². The molecule has 0 aliphatic rings. The SMILES string of the molecule is COc1cccc(CN(c2cccc(OC)c2)S(=O)(=O)c2ccccc2F)c1. The van der Waals surface area contributed by atoms with E-state index in [1.807, 2.05) is 0 Å². The number of benzene rings is 3. The average molecular weight is 401 g/mol. The Labute approximate surface area is 164 Å². The fourth-order valence-electron chi connectivity index (χ4n) is 2.79. The smallest absolute Gasteiger partial charge is 0.267 e. The summed E-state index contributed by atoms with van der Waals surface area (Å²) in [7, 11) is -1.13. The summed E-state index contributed by atoms with van der Waals surface area (Å²) >= 11 is 0. The molecule has 0 unspecified atom stereocenters. The van der Waals surface area contributed by atoms with Crippen molar-refractivity contribution in [3.8, 4) is 11.5 Å². The van der Waals surface area contributed by atoms with Crippen LogP contribution in [-0.2, 0) is 16.6 Å². The zero-order chi connectivity index (χ0) is 20.1. The Hall–Kier alpha value is -3.06. The molecule has 28 heavy (non-hydrogen) atoms. The number of methoxy groups -OCH3 is 2. The molecule has 7 heteroatoms. The molecule has 0 aliphatic carbocycles. The predicted molar refractivity (Wildman–Crippen MR) is 106 cm³/mol. The number of nitrogens with zero attached hydrogens (tertiary/aromatic N) is 1. The molecule has 0 saturated heterocycles. The molecule has 0 amide bonds. The van der Waals surface area contributed by atoms with E-state index < -0.39 is 15.8 Å². The van der Waals surface area contributed by atoms with Crippen molar-refractivity contribution >= 4 is 15.7 Å². The minimum Gasteiger partial charge on any atom is -0.497 e. The topological polar surface area (TPSA) is 55.8 Å². The van der Waals surface area contributed by atoms with Gasteiger partial charge in [0.1, 0.15) is 22.2 Å². The molecule has 0 aromatic heterocycles. The predicted octanol–water partition coefficient (Wildman–Crippen LogP) is 4.24. The zero-order valence-corrected chi connectivity index (χ0v) is 16.3. The van der Waals surface area contributed by atoms with Gasteiger partial charge in [-0.15, -0.1) is 0 Å². The van der Waals surface area contributed by atoms with E-state index in [2.05, 4.69) is 0 Å². The Morgan fingerprint density at radius 1 is 0.857 bits per heavy atom. The molecule has 0 atom stereocenters. The maximum atomic E-state index is 14.3. The van der Waals surface area contributed by atoms with E-state index in [4.69, 9.17) is 9.47 Å². The monoisotopic (exact) mass is 401 g/mol. The Bertz CT molecular complexity index is 1070. The number of hydrogen-bond donors (Lipinski definition) is 0. The van der Waals surface area contributed by atoms with E-state index >= 15 is 0 Å². The summed E-state index contributed by atoms with van der Waals surface area (Å²) in [5.74, 6) is 0.296. The summed E-state index contributed by atoms with van der Waals surface area (Å²) in [6.07, 6.45) is 0. The van der Waals surface area contributed by atoms with Gasteiger partial charge in [0.15, 0.2) is 0 Å². The van der Waals surface area contributed by atoms with Crippen molar-refractivity contribution in [3.63, 3.8) is 0 Å². The van der Waals surface area contributed by atoms with E-state index in [9.17, 15) is 12.8 Å². The molecule has 0 aliphatic heterocycles. The second-order valence-electron chi connectivity index (χ2n) is 6.00. The highest BCUT2D eigenvalue weighted by Gasteiger charge is 2.28. The van der Waals surface area contributed by atoms with Crippen LogP contribution < -0.4 is 13.8 Å². The van der Waals surface area contributed by atoms with Gasteiger partial charge in [0.05, 0.1) is 26.5 Å². The van der Waals surface area contributed by atoms with Gasteiger partial charge in [0, 0.05) is 6.07 Å². The fourth-order valence-corrected chi connectivity index (χ4v) is 4.30. The quantitative estimate of drug-likeness (QED) is 0.594. The Kier molecular flexibility index (Phi) is 5.84. The molecule has 3 rings (SSSR count). The molecule has 0 saturated carbocycles. The lowest BCUT2D eigenvalue weighted by Crippen LogP contribution is -2.31. The lowest BCUT2D eigenvalue weighted by molar-refractivity contribution is 0.414. The molecule has 0 N–H and O–H groups in total. The molecule has 0 heterocycles. The van der Waals surface area contributed by atoms with Crippen LogP contribution in [0.15, 0.2) is 77.7 Å². The number of anilines is 1. The van der Waals surface area contributed by atoms with Gasteiger partial charge in [0.2, 0.25) is 0 Å². The summed E-state index contributed by atoms with van der Waals surface area (Å²) < 4.78 is 52.6. The first-order valence-electron chi connectivity index (χ1n) is 8.50. The van der Waals surface area contributed by atoms with Crippen molar-refractivity contribution in [1.82, 2.24) is 0 Å². The Morgan fingerprint density at radius 2 is 1.50 bits per heavy atom. The maximum absolute atomic E-state index is 14.3. The summed E-state index contributed by atoms with van der Waals surface area (Å²) in [4.78, 5) is -0.388. The molecule has 5 nitrogen and oxygen atoms in total. The van der Waals surface area contributed by atoms with Crippen LogP contribution in [0, 0.1) is 5.82 Å². The minimum atomic E-state index is -4.17. The van der Waals surface area contributed by atoms with Crippen molar-refractivity contribution in [2.24, 2.45) is 0 Å². The normalized spacial score (nSPS) is 11.1. The molecule has 146 valence electrons. The fraction of sp³-hybridized carbons (Fsp3) is 0.143. The molecule has 0 bridgehead atoms. The van der Waals surface area contributed by atoms with E-state index in [-0.39, 0.29) is 11.4 Å². The number of sulfonamides is 1. The molecular weight excluding hydrogens is 381 g/mol. The third kappa shape index (κ3) is 4.09. The van der Waals surface area contributed by atoms with Crippen LogP contribution in [0.4, 0.5) is 10.1 Å². The highest BCUT2D eigenvalue weighted by molar-refractivity contribution is 7.92. The summed E-state index contributed by atoms with van der Waals surface area (Å²) in [6, 6.07) is 19.0. The van der Waals surface area contributed by atoms with Gasteiger partial charge in [0.25, 0.3) is 10.0 Å². The van der Waals surface area contributed by atoms with Gasteiger partial charge in [-0.3, -0.25) is 4.31 Å². The number of ether oxygens (including phenoxy) is 2. The molecule has 3 aromatic carbocycles. The first-order valence-corrected chi connectivity index (χ1v) is 9.94. The first-order chi connectivity index (χ1) is 13.5. The van der Waals surface area contributed by atoms with Crippen molar-refractivity contribution < 1.29 is 22.3 Å².